The summed E-state index contributed by atoms with van der Waals surface area (Å²) >= 11 is 1.50. The Morgan fingerprint density at radius 3 is 2.96 bits per heavy atom. The number of H-pyrrole nitrogens is 1. The van der Waals surface area contributed by atoms with Crippen molar-refractivity contribution in [1.29, 1.82) is 0 Å². The number of rotatable bonds is 2. The third-order valence-electron chi connectivity index (χ3n) is 5.77. The maximum Gasteiger partial charge on any atom is 0.140 e. The average molecular weight is 353 g/mol. The van der Waals surface area contributed by atoms with Gasteiger partial charge in [0.2, 0.25) is 0 Å². The summed E-state index contributed by atoms with van der Waals surface area (Å²) in [5.74, 6) is 0. The van der Waals surface area contributed by atoms with Crippen LogP contribution in [0.4, 0.5) is 5.69 Å². The number of fused-ring (bicyclic) bond motifs is 1. The van der Waals surface area contributed by atoms with Crippen LogP contribution in [0.3, 0.4) is 0 Å². The number of anilines is 1. The van der Waals surface area contributed by atoms with Crippen LogP contribution >= 0.6 is 11.5 Å². The van der Waals surface area contributed by atoms with Gasteiger partial charge in [0.15, 0.2) is 0 Å². The fourth-order valence-corrected chi connectivity index (χ4v) is 5.10. The Morgan fingerprint density at radius 1 is 1.16 bits per heavy atom. The molecule has 0 unspecified atom stereocenters. The lowest BCUT2D eigenvalue weighted by molar-refractivity contribution is 0.216. The average Bonchev–Trinajstić information content (AvgIpc) is 3.31. The van der Waals surface area contributed by atoms with Crippen molar-refractivity contribution in [3.63, 3.8) is 0 Å². The van der Waals surface area contributed by atoms with Crippen LogP contribution in [0.1, 0.15) is 32.1 Å². The fourth-order valence-electron chi connectivity index (χ4n) is 4.57. The highest BCUT2D eigenvalue weighted by Gasteiger charge is 2.36. The molecule has 5 nitrogen and oxygen atoms in total. The number of hydrogen-bond donors (Lipinski definition) is 2. The summed E-state index contributed by atoms with van der Waals surface area (Å²) in [5, 5.41) is 7.09. The van der Waals surface area contributed by atoms with Crippen LogP contribution in [-0.4, -0.2) is 39.5 Å². The van der Waals surface area contributed by atoms with Gasteiger partial charge in [0.05, 0.1) is 16.8 Å². The van der Waals surface area contributed by atoms with Gasteiger partial charge in [0.25, 0.3) is 0 Å². The van der Waals surface area contributed by atoms with Crippen molar-refractivity contribution in [1.82, 2.24) is 19.7 Å². The van der Waals surface area contributed by atoms with Gasteiger partial charge in [0.1, 0.15) is 5.65 Å². The van der Waals surface area contributed by atoms with Crippen LogP contribution < -0.4 is 10.2 Å². The number of pyridine rings is 1. The van der Waals surface area contributed by atoms with E-state index in [1.807, 2.05) is 11.6 Å². The van der Waals surface area contributed by atoms with Crippen LogP contribution in [0.5, 0.6) is 0 Å². The van der Waals surface area contributed by atoms with Crippen molar-refractivity contribution in [3.05, 3.63) is 29.9 Å². The predicted octanol–water partition coefficient (Wildman–Crippen LogP) is 3.80. The largest absolute Gasteiger partial charge is 0.369 e. The molecule has 0 amide bonds. The lowest BCUT2D eigenvalue weighted by atomic mass is 9.81. The van der Waals surface area contributed by atoms with E-state index in [2.05, 4.69) is 42.9 Å². The molecule has 0 aliphatic carbocycles. The number of nitrogens with one attached hydrogen (secondary N) is 2. The summed E-state index contributed by atoms with van der Waals surface area (Å²) in [6, 6.07) is 4.26. The molecule has 2 saturated heterocycles. The van der Waals surface area contributed by atoms with Gasteiger partial charge in [-0.1, -0.05) is 6.42 Å². The second-order valence-electron chi connectivity index (χ2n) is 7.33. The molecule has 2 aliphatic heterocycles. The smallest absolute Gasteiger partial charge is 0.140 e. The summed E-state index contributed by atoms with van der Waals surface area (Å²) < 4.78 is 4.54. The summed E-state index contributed by atoms with van der Waals surface area (Å²) in [6.07, 6.45) is 10.5. The molecule has 5 rings (SSSR count). The molecule has 25 heavy (non-hydrogen) atoms. The highest BCUT2D eigenvalue weighted by molar-refractivity contribution is 7.03. The van der Waals surface area contributed by atoms with Gasteiger partial charge in [-0.25, -0.2) is 4.98 Å². The van der Waals surface area contributed by atoms with Crippen LogP contribution in [0.2, 0.25) is 0 Å². The molecular formula is C19H23N5S. The molecule has 130 valence electrons. The van der Waals surface area contributed by atoms with Crippen molar-refractivity contribution in [2.45, 2.75) is 37.6 Å². The summed E-state index contributed by atoms with van der Waals surface area (Å²) in [4.78, 5) is 10.5. The molecule has 1 atom stereocenters. The lowest BCUT2D eigenvalue weighted by Gasteiger charge is -2.47. The molecule has 2 N–H and O–H groups in total. The first-order chi connectivity index (χ1) is 12.3. The molecule has 2 aliphatic rings. The van der Waals surface area contributed by atoms with Crippen molar-refractivity contribution >= 4 is 28.3 Å². The van der Waals surface area contributed by atoms with Gasteiger partial charge in [0, 0.05) is 42.0 Å². The van der Waals surface area contributed by atoms with Gasteiger partial charge in [-0.3, -0.25) is 0 Å². The topological polar surface area (TPSA) is 56.8 Å². The summed E-state index contributed by atoms with van der Waals surface area (Å²) in [5.41, 5.74) is 4.74. The zero-order chi connectivity index (χ0) is 16.7. The third kappa shape index (κ3) is 2.64. The number of nitrogens with zero attached hydrogens (tertiary/aromatic N) is 3. The zero-order valence-corrected chi connectivity index (χ0v) is 15.1. The number of aromatic nitrogens is 3. The van der Waals surface area contributed by atoms with Gasteiger partial charge in [-0.2, -0.15) is 4.37 Å². The Labute approximate surface area is 151 Å². The Kier molecular flexibility index (Phi) is 3.75. The molecule has 1 spiro atoms. The molecule has 6 heteroatoms. The number of hydrogen-bond acceptors (Lipinski definition) is 5. The molecular weight excluding hydrogens is 330 g/mol. The second kappa shape index (κ2) is 6.11. The Bertz CT molecular complexity index is 858. The van der Waals surface area contributed by atoms with E-state index in [0.717, 1.165) is 36.5 Å². The minimum Gasteiger partial charge on any atom is -0.369 e. The Morgan fingerprint density at radius 2 is 2.12 bits per heavy atom. The number of aromatic amines is 1. The minimum absolute atomic E-state index is 0.295. The second-order valence-corrected chi connectivity index (χ2v) is 8.00. The standard InChI is InChI=1S/C19H23N5S/c1-2-8-22-19(6-1)7-3-10-24(13-19)16-4-9-20-18-17(16)14(12-21-18)15-5-11-25-23-15/h4-5,9,11-12,22H,1-3,6-8,10,13H2,(H,20,21)/t19-/m1/s1. The van der Waals surface area contributed by atoms with E-state index in [9.17, 15) is 0 Å². The SMILES string of the molecule is c1cc(N2CCC[C@]3(CCCCN3)C2)c2c(-c3ccsn3)c[nH]c2n1. The third-order valence-corrected chi connectivity index (χ3v) is 6.32. The number of piperidine rings is 2. The van der Waals surface area contributed by atoms with Crippen LogP contribution in [-0.2, 0) is 0 Å². The molecule has 0 aromatic carbocycles. The molecule has 0 radical (unpaired) electrons. The molecule has 5 heterocycles. The van der Waals surface area contributed by atoms with E-state index in [-0.39, 0.29) is 0 Å². The molecule has 3 aromatic rings. The molecule has 0 bridgehead atoms. The van der Waals surface area contributed by atoms with Crippen molar-refractivity contribution < 1.29 is 0 Å². The molecule has 3 aromatic heterocycles. The van der Waals surface area contributed by atoms with E-state index in [0.29, 0.717) is 5.54 Å². The van der Waals surface area contributed by atoms with Gasteiger partial charge >= 0.3 is 0 Å². The quantitative estimate of drug-likeness (QED) is 0.736. The maximum atomic E-state index is 4.55. The highest BCUT2D eigenvalue weighted by atomic mass is 32.1. The van der Waals surface area contributed by atoms with Gasteiger partial charge < -0.3 is 15.2 Å². The van der Waals surface area contributed by atoms with E-state index < -0.39 is 0 Å². The fraction of sp³-hybridized carbons (Fsp3) is 0.474. The first-order valence-corrected chi connectivity index (χ1v) is 10.1. The van der Waals surface area contributed by atoms with Crippen molar-refractivity contribution in [3.8, 4) is 11.3 Å². The lowest BCUT2D eigenvalue weighted by Crippen LogP contribution is -2.59. The van der Waals surface area contributed by atoms with E-state index in [4.69, 9.17) is 0 Å². The van der Waals surface area contributed by atoms with E-state index in [1.54, 1.807) is 0 Å². The van der Waals surface area contributed by atoms with Crippen molar-refractivity contribution in [2.24, 2.45) is 0 Å². The predicted molar refractivity (Wildman–Crippen MR) is 103 cm³/mol. The van der Waals surface area contributed by atoms with Gasteiger partial charge in [-0.15, -0.1) is 0 Å². The monoisotopic (exact) mass is 353 g/mol. The normalized spacial score (nSPS) is 24.2. The first-order valence-electron chi connectivity index (χ1n) is 9.22. The summed E-state index contributed by atoms with van der Waals surface area (Å²) in [7, 11) is 0. The highest BCUT2D eigenvalue weighted by Crippen LogP contribution is 2.38. The Hall–Kier alpha value is -1.92. The minimum atomic E-state index is 0.295. The van der Waals surface area contributed by atoms with Crippen LogP contribution in [0.15, 0.2) is 29.9 Å². The zero-order valence-electron chi connectivity index (χ0n) is 14.3. The van der Waals surface area contributed by atoms with E-state index in [1.165, 1.54) is 54.7 Å². The maximum absolute atomic E-state index is 4.55. The molecule has 0 saturated carbocycles. The summed E-state index contributed by atoms with van der Waals surface area (Å²) in [6.45, 7) is 3.37. The van der Waals surface area contributed by atoms with Crippen molar-refractivity contribution in [2.75, 3.05) is 24.5 Å². The van der Waals surface area contributed by atoms with Gasteiger partial charge in [-0.05, 0) is 55.9 Å². The van der Waals surface area contributed by atoms with Crippen LogP contribution in [0, 0.1) is 0 Å². The van der Waals surface area contributed by atoms with E-state index >= 15 is 0 Å². The first kappa shape index (κ1) is 15.3. The Balaban J connectivity index is 1.57. The molecule has 2 fully saturated rings. The van der Waals surface area contributed by atoms with Crippen LogP contribution in [0.25, 0.3) is 22.3 Å².